The van der Waals surface area contributed by atoms with Crippen molar-refractivity contribution in [3.63, 3.8) is 0 Å². The van der Waals surface area contributed by atoms with Gasteiger partial charge in [0.1, 0.15) is 12.4 Å². The Morgan fingerprint density at radius 2 is 1.96 bits per heavy atom. The molecular formula is C16H15N3O7. The summed E-state index contributed by atoms with van der Waals surface area (Å²) in [6.45, 7) is -0.208. The third-order valence-electron chi connectivity index (χ3n) is 3.91. The third-order valence-corrected chi connectivity index (χ3v) is 3.91. The van der Waals surface area contributed by atoms with Crippen LogP contribution in [0.4, 0.5) is 5.69 Å². The second-order valence-corrected chi connectivity index (χ2v) is 5.35. The number of carboxylic acids is 1. The van der Waals surface area contributed by atoms with Crippen LogP contribution in [-0.4, -0.2) is 60.8 Å². The molecule has 2 N–H and O–H groups in total. The fraction of sp³-hybridized carbons (Fsp3) is 0.250. The lowest BCUT2D eigenvalue weighted by molar-refractivity contribution is -0.140. The van der Waals surface area contributed by atoms with Gasteiger partial charge >= 0.3 is 17.9 Å². The first-order chi connectivity index (χ1) is 12.5. The zero-order chi connectivity index (χ0) is 18.8. The first-order valence-corrected chi connectivity index (χ1v) is 7.43. The molecule has 0 saturated heterocycles. The number of benzene rings is 1. The maximum absolute atomic E-state index is 12.3. The van der Waals surface area contributed by atoms with Crippen molar-refractivity contribution in [2.24, 2.45) is 0 Å². The van der Waals surface area contributed by atoms with Gasteiger partial charge in [-0.2, -0.15) is 5.10 Å². The summed E-state index contributed by atoms with van der Waals surface area (Å²) >= 11 is 0. The number of H-pyrrole nitrogens is 1. The molecule has 10 nitrogen and oxygen atoms in total. The molecule has 0 amide bonds. The van der Waals surface area contributed by atoms with Gasteiger partial charge in [0.25, 0.3) is 0 Å². The molecule has 0 bridgehead atoms. The number of carbonyl (C=O) groups is 3. The van der Waals surface area contributed by atoms with Crippen molar-refractivity contribution >= 4 is 34.5 Å². The number of rotatable bonds is 4. The van der Waals surface area contributed by atoms with Gasteiger partial charge in [-0.15, -0.1) is 0 Å². The zero-order valence-electron chi connectivity index (χ0n) is 13.9. The number of hydrogen-bond acceptors (Lipinski definition) is 8. The summed E-state index contributed by atoms with van der Waals surface area (Å²) in [5.41, 5.74) is 0.553. The van der Waals surface area contributed by atoms with Crippen molar-refractivity contribution in [3.05, 3.63) is 35.2 Å². The fourth-order valence-electron chi connectivity index (χ4n) is 2.71. The van der Waals surface area contributed by atoms with Crippen molar-refractivity contribution in [2.75, 3.05) is 32.5 Å². The Labute approximate surface area is 146 Å². The number of carbonyl (C=O) groups excluding carboxylic acids is 2. The van der Waals surface area contributed by atoms with Gasteiger partial charge in [0.2, 0.25) is 0 Å². The topological polar surface area (TPSA) is 131 Å². The fourth-order valence-corrected chi connectivity index (χ4v) is 2.71. The second-order valence-electron chi connectivity index (χ2n) is 5.35. The highest BCUT2D eigenvalue weighted by Crippen LogP contribution is 2.31. The van der Waals surface area contributed by atoms with Crippen LogP contribution in [0.25, 0.3) is 10.9 Å². The van der Waals surface area contributed by atoms with Crippen LogP contribution in [0.5, 0.6) is 0 Å². The van der Waals surface area contributed by atoms with Gasteiger partial charge in [0, 0.05) is 11.1 Å². The molecule has 0 aliphatic carbocycles. The van der Waals surface area contributed by atoms with Crippen molar-refractivity contribution in [3.8, 4) is 0 Å². The molecule has 0 radical (unpaired) electrons. The Morgan fingerprint density at radius 1 is 1.23 bits per heavy atom. The number of aromatic carboxylic acids is 1. The number of ether oxygens (including phenoxy) is 3. The number of fused-ring (bicyclic) bond motifs is 1. The molecule has 0 atom stereocenters. The third kappa shape index (κ3) is 2.86. The van der Waals surface area contributed by atoms with Gasteiger partial charge in [-0.3, -0.25) is 5.10 Å². The number of esters is 2. The first-order valence-electron chi connectivity index (χ1n) is 7.43. The van der Waals surface area contributed by atoms with E-state index in [0.717, 1.165) is 0 Å². The van der Waals surface area contributed by atoms with Crippen molar-refractivity contribution in [1.82, 2.24) is 10.2 Å². The Morgan fingerprint density at radius 3 is 2.62 bits per heavy atom. The van der Waals surface area contributed by atoms with E-state index >= 15 is 0 Å². The number of aromatic amines is 1. The number of nitrogens with zero attached hydrogens (tertiary/aromatic N) is 2. The van der Waals surface area contributed by atoms with E-state index in [1.807, 2.05) is 0 Å². The highest BCUT2D eigenvalue weighted by atomic mass is 16.5. The summed E-state index contributed by atoms with van der Waals surface area (Å²) in [6, 6.07) is 2.98. The minimum absolute atomic E-state index is 0.0187. The molecule has 2 aromatic rings. The van der Waals surface area contributed by atoms with Gasteiger partial charge in [0.15, 0.2) is 0 Å². The number of nitrogens with one attached hydrogen (secondary N) is 1. The molecule has 1 aliphatic rings. The van der Waals surface area contributed by atoms with E-state index < -0.39 is 17.9 Å². The quantitative estimate of drug-likeness (QED) is 0.754. The number of aromatic nitrogens is 2. The van der Waals surface area contributed by atoms with Crippen LogP contribution in [0.3, 0.4) is 0 Å². The number of methoxy groups -OCH3 is 2. The summed E-state index contributed by atoms with van der Waals surface area (Å²) in [5.74, 6) is -2.67. The Hall–Kier alpha value is -3.40. The van der Waals surface area contributed by atoms with Crippen molar-refractivity contribution in [2.45, 2.75) is 0 Å². The van der Waals surface area contributed by atoms with Crippen LogP contribution >= 0.6 is 0 Å². The van der Waals surface area contributed by atoms with E-state index in [1.165, 1.54) is 31.4 Å². The monoisotopic (exact) mass is 361 g/mol. The van der Waals surface area contributed by atoms with Crippen LogP contribution in [0.2, 0.25) is 0 Å². The van der Waals surface area contributed by atoms with Crippen LogP contribution in [0.1, 0.15) is 10.4 Å². The highest BCUT2D eigenvalue weighted by Gasteiger charge is 2.33. The molecule has 1 aromatic heterocycles. The lowest BCUT2D eigenvalue weighted by Crippen LogP contribution is -2.38. The molecule has 2 heterocycles. The summed E-state index contributed by atoms with van der Waals surface area (Å²) in [5, 5.41) is 16.4. The van der Waals surface area contributed by atoms with Crippen molar-refractivity contribution < 1.29 is 33.7 Å². The van der Waals surface area contributed by atoms with Gasteiger partial charge in [-0.25, -0.2) is 14.4 Å². The summed E-state index contributed by atoms with van der Waals surface area (Å²) in [4.78, 5) is 37.2. The Bertz CT molecular complexity index is 931. The maximum atomic E-state index is 12.3. The standard InChI is InChI=1S/C16H15N3O7/c1-24-15(22)11-6-26-7-19(13(11)16(23)25-2)9-3-8-5-17-18-12(8)10(4-9)14(20)21/h3-5H,6-7H2,1-2H3,(H,17,18)(H,20,21). The number of carboxylic acid groups (broad SMARTS) is 1. The molecule has 1 aromatic carbocycles. The van der Waals surface area contributed by atoms with Crippen LogP contribution < -0.4 is 4.90 Å². The van der Waals surface area contributed by atoms with E-state index in [9.17, 15) is 19.5 Å². The lowest BCUT2D eigenvalue weighted by atomic mass is 10.1. The Balaban J connectivity index is 2.20. The van der Waals surface area contributed by atoms with Crippen LogP contribution in [0, 0.1) is 0 Å². The minimum atomic E-state index is -1.17. The molecule has 0 spiro atoms. The van der Waals surface area contributed by atoms with E-state index in [4.69, 9.17) is 14.2 Å². The summed E-state index contributed by atoms with van der Waals surface area (Å²) in [7, 11) is 2.36. The van der Waals surface area contributed by atoms with Gasteiger partial charge in [0.05, 0.1) is 43.7 Å². The first kappa shape index (κ1) is 17.4. The van der Waals surface area contributed by atoms with Crippen LogP contribution in [-0.2, 0) is 23.8 Å². The normalized spacial score (nSPS) is 14.5. The maximum Gasteiger partial charge on any atom is 0.355 e. The number of hydrogen-bond donors (Lipinski definition) is 2. The van der Waals surface area contributed by atoms with E-state index in [1.54, 1.807) is 6.07 Å². The van der Waals surface area contributed by atoms with Gasteiger partial charge in [-0.1, -0.05) is 0 Å². The molecule has 0 fully saturated rings. The van der Waals surface area contributed by atoms with E-state index in [0.29, 0.717) is 16.6 Å². The SMILES string of the molecule is COC(=O)C1=C(C(=O)OC)N(c2cc(C(=O)O)c3[nH]ncc3c2)COC1. The molecule has 0 unspecified atom stereocenters. The number of anilines is 1. The molecule has 136 valence electrons. The zero-order valence-corrected chi connectivity index (χ0v) is 13.9. The van der Waals surface area contributed by atoms with Crippen molar-refractivity contribution in [1.29, 1.82) is 0 Å². The molecule has 26 heavy (non-hydrogen) atoms. The molecule has 0 saturated carbocycles. The molecular weight excluding hydrogens is 346 g/mol. The second kappa shape index (κ2) is 6.84. The van der Waals surface area contributed by atoms with Gasteiger partial charge in [-0.05, 0) is 12.1 Å². The molecule has 10 heteroatoms. The predicted octanol–water partition coefficient (Wildman–Crippen LogP) is 0.655. The van der Waals surface area contributed by atoms with E-state index in [-0.39, 0.29) is 30.2 Å². The predicted molar refractivity (Wildman–Crippen MR) is 87.4 cm³/mol. The van der Waals surface area contributed by atoms with Gasteiger partial charge < -0.3 is 24.2 Å². The summed E-state index contributed by atoms with van der Waals surface area (Å²) in [6.07, 6.45) is 1.46. The molecule has 1 aliphatic heterocycles. The highest BCUT2D eigenvalue weighted by molar-refractivity contribution is 6.06. The largest absolute Gasteiger partial charge is 0.478 e. The molecule has 3 rings (SSSR count). The lowest BCUT2D eigenvalue weighted by Gasteiger charge is -2.31. The smallest absolute Gasteiger partial charge is 0.355 e. The van der Waals surface area contributed by atoms with Crippen LogP contribution in [0.15, 0.2) is 29.6 Å². The van der Waals surface area contributed by atoms with E-state index in [2.05, 4.69) is 10.2 Å². The average Bonchev–Trinajstić information content (AvgIpc) is 3.13. The average molecular weight is 361 g/mol. The Kier molecular flexibility index (Phi) is 4.59. The summed E-state index contributed by atoms with van der Waals surface area (Å²) < 4.78 is 14.9. The minimum Gasteiger partial charge on any atom is -0.478 e.